The lowest BCUT2D eigenvalue weighted by atomic mass is 9.81. The standard InChI is InChI=1S/C18H24N4O3/c1-2-15-19-5-12(6-20-15)7-21-8-14-9-22(16(23)13-3-4-13)11-18(14,10-21)17(24)25/h5-6,13-14H,2-4,7-11H2,1H3,(H,24,25)/t14-,18-/m0/s1. The molecule has 0 bridgehead atoms. The minimum Gasteiger partial charge on any atom is -0.481 e. The first-order valence-corrected chi connectivity index (χ1v) is 9.06. The Labute approximate surface area is 147 Å². The molecule has 7 nitrogen and oxygen atoms in total. The van der Waals surface area contributed by atoms with Crippen LogP contribution in [0.5, 0.6) is 0 Å². The van der Waals surface area contributed by atoms with Crippen molar-refractivity contribution in [3.8, 4) is 0 Å². The van der Waals surface area contributed by atoms with Gasteiger partial charge in [0.1, 0.15) is 11.2 Å². The molecule has 0 spiro atoms. The van der Waals surface area contributed by atoms with Crippen LogP contribution >= 0.6 is 0 Å². The lowest BCUT2D eigenvalue weighted by molar-refractivity contribution is -0.149. The predicted octanol–water partition coefficient (Wildman–Crippen LogP) is 0.794. The number of hydrogen-bond donors (Lipinski definition) is 1. The van der Waals surface area contributed by atoms with Crippen LogP contribution in [0.3, 0.4) is 0 Å². The molecule has 0 unspecified atom stereocenters. The maximum atomic E-state index is 12.3. The number of hydrogen-bond acceptors (Lipinski definition) is 5. The van der Waals surface area contributed by atoms with Crippen molar-refractivity contribution in [1.29, 1.82) is 0 Å². The maximum absolute atomic E-state index is 12.3. The molecular weight excluding hydrogens is 320 g/mol. The molecule has 3 heterocycles. The van der Waals surface area contributed by atoms with Gasteiger partial charge in [-0.1, -0.05) is 6.92 Å². The normalized spacial score (nSPS) is 29.0. The summed E-state index contributed by atoms with van der Waals surface area (Å²) in [5.41, 5.74) is 0.179. The van der Waals surface area contributed by atoms with Gasteiger partial charge in [-0.2, -0.15) is 0 Å². The van der Waals surface area contributed by atoms with Gasteiger partial charge in [0.25, 0.3) is 0 Å². The highest BCUT2D eigenvalue weighted by Gasteiger charge is 2.59. The number of aromatic nitrogens is 2. The predicted molar refractivity (Wildman–Crippen MR) is 89.5 cm³/mol. The largest absolute Gasteiger partial charge is 0.481 e. The molecular formula is C18H24N4O3. The fourth-order valence-electron chi connectivity index (χ4n) is 4.25. The first-order chi connectivity index (χ1) is 12.0. The molecule has 2 atom stereocenters. The molecule has 3 aliphatic rings. The minimum absolute atomic E-state index is 0.00327. The molecule has 1 amide bonds. The highest BCUT2D eigenvalue weighted by atomic mass is 16.4. The topological polar surface area (TPSA) is 86.6 Å². The van der Waals surface area contributed by atoms with E-state index in [0.717, 1.165) is 30.7 Å². The van der Waals surface area contributed by atoms with E-state index in [2.05, 4.69) is 14.9 Å². The number of amides is 1. The van der Waals surface area contributed by atoms with E-state index in [1.807, 2.05) is 19.3 Å². The van der Waals surface area contributed by atoms with Gasteiger partial charge >= 0.3 is 5.97 Å². The third kappa shape index (κ3) is 2.90. The fraction of sp³-hybridized carbons (Fsp3) is 0.667. The van der Waals surface area contributed by atoms with Gasteiger partial charge in [0, 0.05) is 68.9 Å². The molecule has 1 saturated carbocycles. The maximum Gasteiger partial charge on any atom is 0.313 e. The summed E-state index contributed by atoms with van der Waals surface area (Å²) in [7, 11) is 0. The van der Waals surface area contributed by atoms with Gasteiger partial charge in [0.2, 0.25) is 5.91 Å². The summed E-state index contributed by atoms with van der Waals surface area (Å²) in [6.45, 7) is 4.79. The quantitative estimate of drug-likeness (QED) is 0.850. The zero-order chi connectivity index (χ0) is 17.6. The van der Waals surface area contributed by atoms with E-state index in [1.54, 1.807) is 4.90 Å². The number of rotatable bonds is 5. The number of fused-ring (bicyclic) bond motifs is 1. The molecule has 1 aliphatic carbocycles. The molecule has 1 N–H and O–H groups in total. The van der Waals surface area contributed by atoms with Gasteiger partial charge in [0.15, 0.2) is 0 Å². The average Bonchev–Trinajstić information content (AvgIpc) is 3.29. The summed E-state index contributed by atoms with van der Waals surface area (Å²) in [5, 5.41) is 9.89. The highest BCUT2D eigenvalue weighted by molar-refractivity contribution is 5.84. The van der Waals surface area contributed by atoms with Gasteiger partial charge in [-0.05, 0) is 12.8 Å². The second-order valence-corrected chi connectivity index (χ2v) is 7.68. The smallest absolute Gasteiger partial charge is 0.313 e. The van der Waals surface area contributed by atoms with E-state index in [0.29, 0.717) is 32.7 Å². The Morgan fingerprint density at radius 3 is 2.52 bits per heavy atom. The number of carbonyl (C=O) groups is 2. The minimum atomic E-state index is -0.825. The van der Waals surface area contributed by atoms with Crippen molar-refractivity contribution >= 4 is 11.9 Å². The summed E-state index contributed by atoms with van der Waals surface area (Å²) in [6.07, 6.45) is 6.38. The van der Waals surface area contributed by atoms with Gasteiger partial charge in [-0.25, -0.2) is 9.97 Å². The van der Waals surface area contributed by atoms with E-state index >= 15 is 0 Å². The molecule has 2 aliphatic heterocycles. The second-order valence-electron chi connectivity index (χ2n) is 7.68. The van der Waals surface area contributed by atoms with Crippen LogP contribution in [0.2, 0.25) is 0 Å². The van der Waals surface area contributed by atoms with Crippen LogP contribution < -0.4 is 0 Å². The molecule has 0 radical (unpaired) electrons. The van der Waals surface area contributed by atoms with Gasteiger partial charge in [0.05, 0.1) is 0 Å². The lowest BCUT2D eigenvalue weighted by Crippen LogP contribution is -2.42. The van der Waals surface area contributed by atoms with E-state index < -0.39 is 11.4 Å². The summed E-state index contributed by atoms with van der Waals surface area (Å²) >= 11 is 0. The van der Waals surface area contributed by atoms with Crippen LogP contribution in [0.15, 0.2) is 12.4 Å². The van der Waals surface area contributed by atoms with Crippen molar-refractivity contribution in [3.63, 3.8) is 0 Å². The van der Waals surface area contributed by atoms with Crippen LogP contribution in [-0.2, 0) is 22.6 Å². The molecule has 1 aromatic rings. The van der Waals surface area contributed by atoms with Crippen LogP contribution in [0.1, 0.15) is 31.2 Å². The third-order valence-electron chi connectivity index (χ3n) is 5.82. The SMILES string of the molecule is CCc1ncc(CN2C[C@H]3CN(C(=O)C4CC4)C[C@@]3(C(=O)O)C2)cn1. The first kappa shape index (κ1) is 16.4. The van der Waals surface area contributed by atoms with Gasteiger partial charge in [-0.3, -0.25) is 14.5 Å². The zero-order valence-corrected chi connectivity index (χ0v) is 14.5. The zero-order valence-electron chi connectivity index (χ0n) is 14.5. The lowest BCUT2D eigenvalue weighted by Gasteiger charge is -2.25. The second kappa shape index (κ2) is 6.05. The van der Waals surface area contributed by atoms with Crippen molar-refractivity contribution in [2.45, 2.75) is 32.7 Å². The highest BCUT2D eigenvalue weighted by Crippen LogP contribution is 2.45. The van der Waals surface area contributed by atoms with Crippen molar-refractivity contribution < 1.29 is 14.7 Å². The molecule has 2 saturated heterocycles. The molecule has 1 aromatic heterocycles. The molecule has 7 heteroatoms. The molecule has 3 fully saturated rings. The van der Waals surface area contributed by atoms with Crippen molar-refractivity contribution in [2.75, 3.05) is 26.2 Å². The Morgan fingerprint density at radius 2 is 1.96 bits per heavy atom. The number of carboxylic acid groups (broad SMARTS) is 1. The Kier molecular flexibility index (Phi) is 3.98. The summed E-state index contributed by atoms with van der Waals surface area (Å²) in [6, 6.07) is 0. The first-order valence-electron chi connectivity index (χ1n) is 9.06. The Morgan fingerprint density at radius 1 is 1.24 bits per heavy atom. The van der Waals surface area contributed by atoms with Gasteiger partial charge in [-0.15, -0.1) is 0 Å². The van der Waals surface area contributed by atoms with Crippen molar-refractivity contribution in [2.24, 2.45) is 17.3 Å². The van der Waals surface area contributed by atoms with Crippen LogP contribution in [0.4, 0.5) is 0 Å². The van der Waals surface area contributed by atoms with Gasteiger partial charge < -0.3 is 10.0 Å². The number of aliphatic carboxylic acids is 1. The Balaban J connectivity index is 1.45. The molecule has 134 valence electrons. The van der Waals surface area contributed by atoms with Crippen molar-refractivity contribution in [1.82, 2.24) is 19.8 Å². The van der Waals surface area contributed by atoms with E-state index in [4.69, 9.17) is 0 Å². The van der Waals surface area contributed by atoms with E-state index in [1.165, 1.54) is 0 Å². The number of likely N-dealkylation sites (tertiary alicyclic amines) is 2. The van der Waals surface area contributed by atoms with E-state index in [-0.39, 0.29) is 17.7 Å². The number of carboxylic acids is 1. The summed E-state index contributed by atoms with van der Waals surface area (Å²) < 4.78 is 0. The van der Waals surface area contributed by atoms with Crippen LogP contribution in [0.25, 0.3) is 0 Å². The molecule has 0 aromatic carbocycles. The van der Waals surface area contributed by atoms with E-state index in [9.17, 15) is 14.7 Å². The number of carbonyl (C=O) groups excluding carboxylic acids is 1. The Hall–Kier alpha value is -2.02. The fourth-order valence-corrected chi connectivity index (χ4v) is 4.25. The Bertz CT molecular complexity index is 688. The van der Waals surface area contributed by atoms with Crippen molar-refractivity contribution in [3.05, 3.63) is 23.8 Å². The molecule has 25 heavy (non-hydrogen) atoms. The average molecular weight is 344 g/mol. The van der Waals surface area contributed by atoms with Crippen LogP contribution in [0, 0.1) is 17.3 Å². The summed E-state index contributed by atoms with van der Waals surface area (Å²) in [4.78, 5) is 37.0. The number of aryl methyl sites for hydroxylation is 1. The number of nitrogens with zero attached hydrogens (tertiary/aromatic N) is 4. The molecule has 4 rings (SSSR count). The van der Waals surface area contributed by atoms with Crippen LogP contribution in [-0.4, -0.2) is 62.9 Å². The monoisotopic (exact) mass is 344 g/mol. The third-order valence-corrected chi connectivity index (χ3v) is 5.82. The summed E-state index contributed by atoms with van der Waals surface area (Å²) in [5.74, 6) is 0.352.